The summed E-state index contributed by atoms with van der Waals surface area (Å²) in [6.45, 7) is 0. The van der Waals surface area contributed by atoms with Crippen LogP contribution in [0.25, 0.3) is 21.8 Å². The van der Waals surface area contributed by atoms with Gasteiger partial charge in [0.2, 0.25) is 0 Å². The maximum Gasteiger partial charge on any atom is 0.0832 e. The molecule has 0 fully saturated rings. The van der Waals surface area contributed by atoms with Gasteiger partial charge in [0.25, 0.3) is 0 Å². The largest absolute Gasteiger partial charge is 0.398 e. The van der Waals surface area contributed by atoms with E-state index in [0.717, 1.165) is 27.5 Å². The fourth-order valence-corrected chi connectivity index (χ4v) is 1.76. The molecule has 2 aromatic heterocycles. The molecule has 0 aliphatic heterocycles. The van der Waals surface area contributed by atoms with E-state index in [1.165, 1.54) is 0 Å². The van der Waals surface area contributed by atoms with E-state index in [9.17, 15) is 0 Å². The lowest BCUT2D eigenvalue weighted by atomic mass is 10.1. The number of para-hydroxylation sites is 1. The van der Waals surface area contributed by atoms with E-state index < -0.39 is 0 Å². The first kappa shape index (κ1) is 8.17. The van der Waals surface area contributed by atoms with Gasteiger partial charge in [0.05, 0.1) is 11.0 Å². The highest BCUT2D eigenvalue weighted by Crippen LogP contribution is 2.24. The van der Waals surface area contributed by atoms with Gasteiger partial charge in [-0.1, -0.05) is 18.2 Å². The number of hydrogen-bond acceptors (Lipinski definition) is 3. The van der Waals surface area contributed by atoms with E-state index in [2.05, 4.69) is 9.97 Å². The van der Waals surface area contributed by atoms with Crippen LogP contribution in [-0.2, 0) is 0 Å². The third kappa shape index (κ3) is 1.13. The van der Waals surface area contributed by atoms with E-state index in [1.807, 2.05) is 24.3 Å². The van der Waals surface area contributed by atoms with Crippen molar-refractivity contribution in [2.75, 3.05) is 5.73 Å². The standard InChI is InChI=1S/C12H9N3/c13-10-5-6-14-12-8-3-1-2-4-11(8)15-7-9(10)12/h1-7H,(H2,13,14). The molecule has 3 aromatic rings. The molecule has 0 unspecified atom stereocenters. The van der Waals surface area contributed by atoms with E-state index in [4.69, 9.17) is 5.73 Å². The predicted octanol–water partition coefficient (Wildman–Crippen LogP) is 2.37. The number of fused-ring (bicyclic) bond motifs is 3. The van der Waals surface area contributed by atoms with Gasteiger partial charge in [0.15, 0.2) is 0 Å². The molecule has 0 saturated heterocycles. The molecule has 0 aliphatic carbocycles. The molecule has 0 aliphatic rings. The first-order chi connectivity index (χ1) is 7.36. The summed E-state index contributed by atoms with van der Waals surface area (Å²) in [5.41, 5.74) is 8.45. The van der Waals surface area contributed by atoms with E-state index in [-0.39, 0.29) is 0 Å². The zero-order valence-corrected chi connectivity index (χ0v) is 8.01. The maximum atomic E-state index is 5.87. The van der Waals surface area contributed by atoms with Crippen LogP contribution in [-0.4, -0.2) is 9.97 Å². The van der Waals surface area contributed by atoms with Crippen molar-refractivity contribution >= 4 is 27.5 Å². The Bertz CT molecular complexity index is 646. The quantitative estimate of drug-likeness (QED) is 0.560. The first-order valence-electron chi connectivity index (χ1n) is 4.74. The van der Waals surface area contributed by atoms with Crippen LogP contribution >= 0.6 is 0 Å². The Balaban J connectivity index is 2.60. The van der Waals surface area contributed by atoms with Crippen LogP contribution in [0.1, 0.15) is 0 Å². The summed E-state index contributed by atoms with van der Waals surface area (Å²) in [5.74, 6) is 0. The Hall–Kier alpha value is -2.16. The third-order valence-corrected chi connectivity index (χ3v) is 2.52. The van der Waals surface area contributed by atoms with E-state index in [0.29, 0.717) is 0 Å². The molecule has 72 valence electrons. The second kappa shape index (κ2) is 2.92. The average Bonchev–Trinajstić information content (AvgIpc) is 2.29. The fourth-order valence-electron chi connectivity index (χ4n) is 1.76. The number of nitrogens with two attached hydrogens (primary N) is 1. The molecule has 0 atom stereocenters. The summed E-state index contributed by atoms with van der Waals surface area (Å²) in [6, 6.07) is 9.72. The minimum atomic E-state index is 0.721. The van der Waals surface area contributed by atoms with Gasteiger partial charge in [-0.25, -0.2) is 0 Å². The fraction of sp³-hybridized carbons (Fsp3) is 0. The number of aromatic nitrogens is 2. The number of anilines is 1. The maximum absolute atomic E-state index is 5.87. The second-order valence-corrected chi connectivity index (χ2v) is 3.44. The third-order valence-electron chi connectivity index (χ3n) is 2.52. The van der Waals surface area contributed by atoms with Gasteiger partial charge in [-0.3, -0.25) is 9.97 Å². The van der Waals surface area contributed by atoms with Gasteiger partial charge in [-0.2, -0.15) is 0 Å². The average molecular weight is 195 g/mol. The molecule has 3 heteroatoms. The van der Waals surface area contributed by atoms with Gasteiger partial charge in [0, 0.05) is 28.9 Å². The van der Waals surface area contributed by atoms with Crippen molar-refractivity contribution in [1.29, 1.82) is 0 Å². The molecule has 3 nitrogen and oxygen atoms in total. The van der Waals surface area contributed by atoms with Gasteiger partial charge in [-0.05, 0) is 12.1 Å². The molecule has 0 saturated carbocycles. The first-order valence-corrected chi connectivity index (χ1v) is 4.74. The summed E-state index contributed by atoms with van der Waals surface area (Å²) >= 11 is 0. The molecule has 2 N–H and O–H groups in total. The Kier molecular flexibility index (Phi) is 1.59. The summed E-state index contributed by atoms with van der Waals surface area (Å²) < 4.78 is 0. The Labute approximate surface area is 86.6 Å². The van der Waals surface area contributed by atoms with E-state index >= 15 is 0 Å². The van der Waals surface area contributed by atoms with Crippen molar-refractivity contribution in [2.45, 2.75) is 0 Å². The lowest BCUT2D eigenvalue weighted by Crippen LogP contribution is -1.90. The number of hydrogen-bond donors (Lipinski definition) is 1. The molecule has 0 amide bonds. The van der Waals surface area contributed by atoms with Crippen LogP contribution in [0.4, 0.5) is 5.69 Å². The molecule has 1 aromatic carbocycles. The Morgan fingerprint density at radius 3 is 2.73 bits per heavy atom. The van der Waals surface area contributed by atoms with Crippen LogP contribution in [0.5, 0.6) is 0 Å². The summed E-state index contributed by atoms with van der Waals surface area (Å²) in [7, 11) is 0. The number of rotatable bonds is 0. The summed E-state index contributed by atoms with van der Waals surface area (Å²) in [4.78, 5) is 8.70. The number of benzene rings is 1. The topological polar surface area (TPSA) is 51.8 Å². The predicted molar refractivity (Wildman–Crippen MR) is 61.5 cm³/mol. The molecular formula is C12H9N3. The zero-order chi connectivity index (χ0) is 10.3. The molecule has 0 bridgehead atoms. The molecule has 3 rings (SSSR count). The van der Waals surface area contributed by atoms with Crippen molar-refractivity contribution in [3.05, 3.63) is 42.7 Å². The molecular weight excluding hydrogens is 186 g/mol. The molecule has 15 heavy (non-hydrogen) atoms. The van der Waals surface area contributed by atoms with Gasteiger partial charge < -0.3 is 5.73 Å². The number of nitrogens with zero attached hydrogens (tertiary/aromatic N) is 2. The SMILES string of the molecule is Nc1ccnc2c1cnc1ccccc12. The minimum Gasteiger partial charge on any atom is -0.398 e. The van der Waals surface area contributed by atoms with Crippen molar-refractivity contribution < 1.29 is 0 Å². The smallest absolute Gasteiger partial charge is 0.0832 e. The van der Waals surface area contributed by atoms with Gasteiger partial charge in [0.1, 0.15) is 0 Å². The summed E-state index contributed by atoms with van der Waals surface area (Å²) in [6.07, 6.45) is 3.50. The number of pyridine rings is 2. The zero-order valence-electron chi connectivity index (χ0n) is 8.01. The van der Waals surface area contributed by atoms with Crippen LogP contribution in [0, 0.1) is 0 Å². The Morgan fingerprint density at radius 2 is 1.80 bits per heavy atom. The lowest BCUT2D eigenvalue weighted by Gasteiger charge is -2.03. The highest BCUT2D eigenvalue weighted by Gasteiger charge is 2.03. The molecule has 2 heterocycles. The highest BCUT2D eigenvalue weighted by molar-refractivity contribution is 6.06. The van der Waals surface area contributed by atoms with Crippen molar-refractivity contribution in [3.63, 3.8) is 0 Å². The van der Waals surface area contributed by atoms with Crippen molar-refractivity contribution in [1.82, 2.24) is 9.97 Å². The van der Waals surface area contributed by atoms with Crippen molar-refractivity contribution in [2.24, 2.45) is 0 Å². The van der Waals surface area contributed by atoms with Gasteiger partial charge >= 0.3 is 0 Å². The van der Waals surface area contributed by atoms with Crippen molar-refractivity contribution in [3.8, 4) is 0 Å². The minimum absolute atomic E-state index is 0.721. The van der Waals surface area contributed by atoms with Crippen LogP contribution in [0.3, 0.4) is 0 Å². The Morgan fingerprint density at radius 1 is 0.933 bits per heavy atom. The monoisotopic (exact) mass is 195 g/mol. The second-order valence-electron chi connectivity index (χ2n) is 3.44. The lowest BCUT2D eigenvalue weighted by molar-refractivity contribution is 1.38. The summed E-state index contributed by atoms with van der Waals surface area (Å²) in [5, 5.41) is 1.96. The van der Waals surface area contributed by atoms with Crippen LogP contribution in [0.15, 0.2) is 42.7 Å². The van der Waals surface area contributed by atoms with E-state index in [1.54, 1.807) is 18.5 Å². The normalized spacial score (nSPS) is 10.9. The van der Waals surface area contributed by atoms with Crippen LogP contribution in [0.2, 0.25) is 0 Å². The molecule has 0 radical (unpaired) electrons. The molecule has 0 spiro atoms. The van der Waals surface area contributed by atoms with Gasteiger partial charge in [-0.15, -0.1) is 0 Å². The highest BCUT2D eigenvalue weighted by atomic mass is 14.7. The van der Waals surface area contributed by atoms with Crippen LogP contribution < -0.4 is 5.73 Å². The number of nitrogen functional groups attached to an aromatic ring is 1.